The zero-order chi connectivity index (χ0) is 10.2. The Morgan fingerprint density at radius 2 is 1.25 bits per heavy atom. The lowest BCUT2D eigenvalue weighted by molar-refractivity contribution is 0.174. The van der Waals surface area contributed by atoms with E-state index in [4.69, 9.17) is 24.7 Å². The smallest absolute Gasteiger partial charge is 0.344 e. The monoisotopic (exact) mass is 221 g/mol. The van der Waals surface area contributed by atoms with E-state index >= 15 is 0 Å². The van der Waals surface area contributed by atoms with E-state index in [1.807, 2.05) is 0 Å². The van der Waals surface area contributed by atoms with E-state index in [9.17, 15) is 9.13 Å². The highest BCUT2D eigenvalue weighted by Crippen LogP contribution is 2.60. The van der Waals surface area contributed by atoms with Gasteiger partial charge in [0.15, 0.2) is 0 Å². The van der Waals surface area contributed by atoms with Crippen LogP contribution in [0.5, 0.6) is 0 Å². The van der Waals surface area contributed by atoms with E-state index in [-0.39, 0.29) is 0 Å². The molecule has 10 heteroatoms. The van der Waals surface area contributed by atoms with Crippen molar-refractivity contribution < 1.29 is 33.8 Å². The SMILES string of the molecule is N[C@@H](O)C(P(=O)(O)O)P(=O)(O)O. The summed E-state index contributed by atoms with van der Waals surface area (Å²) < 4.78 is 20.8. The molecule has 0 aromatic carbocycles. The Hall–Kier alpha value is 0.220. The van der Waals surface area contributed by atoms with E-state index in [2.05, 4.69) is 5.73 Å². The molecule has 0 aromatic rings. The minimum atomic E-state index is -5.09. The van der Waals surface area contributed by atoms with Crippen molar-refractivity contribution in [1.29, 1.82) is 0 Å². The van der Waals surface area contributed by atoms with Crippen LogP contribution in [0.1, 0.15) is 0 Å². The topological polar surface area (TPSA) is 161 Å². The zero-order valence-electron chi connectivity index (χ0n) is 5.68. The van der Waals surface area contributed by atoms with Gasteiger partial charge in [0.05, 0.1) is 0 Å². The minimum absolute atomic E-state index is 2.26. The first kappa shape index (κ1) is 12.2. The fraction of sp³-hybridized carbons (Fsp3) is 1.00. The van der Waals surface area contributed by atoms with Crippen molar-refractivity contribution in [3.8, 4) is 0 Å². The van der Waals surface area contributed by atoms with Gasteiger partial charge in [-0.15, -0.1) is 0 Å². The molecule has 0 aliphatic rings. The molecule has 0 fully saturated rings. The summed E-state index contributed by atoms with van der Waals surface area (Å²) in [6, 6.07) is 0. The third-order valence-corrected chi connectivity index (χ3v) is 4.79. The second kappa shape index (κ2) is 3.53. The molecule has 8 nitrogen and oxygen atoms in total. The molecule has 0 aliphatic carbocycles. The molecule has 1 atom stereocenters. The Kier molecular flexibility index (Phi) is 3.59. The van der Waals surface area contributed by atoms with Gasteiger partial charge in [-0.25, -0.2) is 0 Å². The lowest BCUT2D eigenvalue weighted by atomic mass is 10.7. The summed E-state index contributed by atoms with van der Waals surface area (Å²) >= 11 is 0. The van der Waals surface area contributed by atoms with Crippen LogP contribution in [0.15, 0.2) is 0 Å². The zero-order valence-corrected chi connectivity index (χ0v) is 7.47. The minimum Gasteiger partial charge on any atom is -0.377 e. The van der Waals surface area contributed by atoms with Crippen molar-refractivity contribution in [1.82, 2.24) is 0 Å². The number of hydrogen-bond donors (Lipinski definition) is 6. The molecular weight excluding hydrogens is 212 g/mol. The normalized spacial score (nSPS) is 16.6. The molecule has 0 rings (SSSR count). The Morgan fingerprint density at radius 1 is 1.00 bits per heavy atom. The fourth-order valence-electron chi connectivity index (χ4n) is 0.594. The van der Waals surface area contributed by atoms with Gasteiger partial charge in [-0.05, 0) is 0 Å². The second-order valence-corrected chi connectivity index (χ2v) is 5.96. The molecule has 0 radical (unpaired) electrons. The van der Waals surface area contributed by atoms with Crippen LogP contribution in [-0.4, -0.2) is 36.3 Å². The van der Waals surface area contributed by atoms with Crippen LogP contribution >= 0.6 is 15.2 Å². The van der Waals surface area contributed by atoms with Crippen LogP contribution in [0.25, 0.3) is 0 Å². The number of aliphatic hydroxyl groups is 1. The maximum absolute atomic E-state index is 10.4. The summed E-state index contributed by atoms with van der Waals surface area (Å²) in [5.74, 6) is 0. The summed E-state index contributed by atoms with van der Waals surface area (Å²) in [5.41, 5.74) is 4.58. The van der Waals surface area contributed by atoms with Crippen LogP contribution in [0.2, 0.25) is 0 Å². The summed E-state index contributed by atoms with van der Waals surface area (Å²) in [4.78, 5) is 33.4. The predicted octanol–water partition coefficient (Wildman–Crippen LogP) is -2.06. The highest BCUT2D eigenvalue weighted by molar-refractivity contribution is 7.70. The summed E-state index contributed by atoms with van der Waals surface area (Å²) in [7, 11) is -10.2. The van der Waals surface area contributed by atoms with Gasteiger partial charge >= 0.3 is 15.2 Å². The summed E-state index contributed by atoms with van der Waals surface area (Å²) in [6.45, 7) is 0. The lowest BCUT2D eigenvalue weighted by Gasteiger charge is -2.21. The Bertz CT molecular complexity index is 216. The van der Waals surface area contributed by atoms with E-state index < -0.39 is 26.8 Å². The van der Waals surface area contributed by atoms with Crippen molar-refractivity contribution in [3.05, 3.63) is 0 Å². The van der Waals surface area contributed by atoms with Gasteiger partial charge in [-0.1, -0.05) is 0 Å². The molecule has 0 saturated heterocycles. The maximum atomic E-state index is 10.4. The largest absolute Gasteiger partial charge is 0.377 e. The Labute approximate surface area is 67.3 Å². The van der Waals surface area contributed by atoms with Crippen molar-refractivity contribution >= 4 is 15.2 Å². The van der Waals surface area contributed by atoms with Crippen LogP contribution in [0, 0.1) is 0 Å². The van der Waals surface area contributed by atoms with Gasteiger partial charge in [0.25, 0.3) is 0 Å². The quantitative estimate of drug-likeness (QED) is 0.234. The molecule has 0 unspecified atom stereocenters. The highest BCUT2D eigenvalue weighted by atomic mass is 31.2. The number of nitrogens with two attached hydrogens (primary N) is 1. The first-order chi connectivity index (χ1) is 5.07. The molecule has 0 heterocycles. The van der Waals surface area contributed by atoms with Gasteiger partial charge in [-0.2, -0.15) is 0 Å². The molecule has 0 aromatic heterocycles. The highest BCUT2D eigenvalue weighted by Gasteiger charge is 2.47. The molecule has 7 N–H and O–H groups in total. The van der Waals surface area contributed by atoms with Crippen molar-refractivity contribution in [2.75, 3.05) is 0 Å². The van der Waals surface area contributed by atoms with E-state index in [0.29, 0.717) is 0 Å². The van der Waals surface area contributed by atoms with Crippen LogP contribution in [-0.2, 0) is 9.13 Å². The molecule has 0 spiro atoms. The lowest BCUT2D eigenvalue weighted by Crippen LogP contribution is -2.34. The van der Waals surface area contributed by atoms with Gasteiger partial charge in [0.1, 0.15) is 6.23 Å². The predicted molar refractivity (Wildman–Crippen MR) is 38.1 cm³/mol. The van der Waals surface area contributed by atoms with E-state index in [0.717, 1.165) is 0 Å². The van der Waals surface area contributed by atoms with E-state index in [1.165, 1.54) is 0 Å². The molecule has 0 saturated carbocycles. The van der Waals surface area contributed by atoms with Crippen molar-refractivity contribution in [3.63, 3.8) is 0 Å². The molecule has 0 amide bonds. The van der Waals surface area contributed by atoms with Gasteiger partial charge in [0.2, 0.25) is 5.40 Å². The number of rotatable bonds is 3. The Morgan fingerprint density at radius 3 is 1.25 bits per heavy atom. The standard InChI is InChI=1S/C2H9NO7P2/c3-1(4)2(11(5,6)7)12(8,9)10/h1-2,4H,3H2,(H2,5,6,7)(H2,8,9,10)/t1-/m0/s1. The van der Waals surface area contributed by atoms with Crippen LogP contribution in [0.4, 0.5) is 0 Å². The van der Waals surface area contributed by atoms with Gasteiger partial charge in [-0.3, -0.25) is 9.13 Å². The Balaban J connectivity index is 4.97. The number of hydrogen-bond acceptors (Lipinski definition) is 4. The number of aliphatic hydroxyl groups excluding tert-OH is 1. The van der Waals surface area contributed by atoms with Gasteiger partial charge in [0, 0.05) is 0 Å². The van der Waals surface area contributed by atoms with E-state index in [1.54, 1.807) is 0 Å². The van der Waals surface area contributed by atoms with Gasteiger partial charge < -0.3 is 30.4 Å². The summed E-state index contributed by atoms with van der Waals surface area (Å²) in [5, 5.41) is 5.93. The second-order valence-electron chi connectivity index (χ2n) is 2.08. The maximum Gasteiger partial charge on any atom is 0.344 e. The van der Waals surface area contributed by atoms with Crippen LogP contribution < -0.4 is 5.73 Å². The molecule has 0 aliphatic heterocycles. The summed E-state index contributed by atoms with van der Waals surface area (Å²) in [6.07, 6.45) is -2.26. The first-order valence-corrected chi connectivity index (χ1v) is 5.97. The molecule has 0 bridgehead atoms. The molecular formula is C2H9NO7P2. The third kappa shape index (κ3) is 3.30. The fourth-order valence-corrected chi connectivity index (χ4v) is 2.96. The average molecular weight is 221 g/mol. The molecule has 12 heavy (non-hydrogen) atoms. The third-order valence-electron chi connectivity index (χ3n) is 0.995. The molecule has 74 valence electrons. The van der Waals surface area contributed by atoms with Crippen molar-refractivity contribution in [2.45, 2.75) is 11.6 Å². The average Bonchev–Trinajstić information content (AvgIpc) is 1.49. The first-order valence-electron chi connectivity index (χ1n) is 2.61. The van der Waals surface area contributed by atoms with Crippen molar-refractivity contribution in [2.24, 2.45) is 5.73 Å². The van der Waals surface area contributed by atoms with Crippen LogP contribution in [0.3, 0.4) is 0 Å².